The van der Waals surface area contributed by atoms with Crippen LogP contribution >= 0.6 is 0 Å². The van der Waals surface area contributed by atoms with Gasteiger partial charge in [-0.05, 0) is 51.9 Å². The van der Waals surface area contributed by atoms with E-state index in [-0.39, 0.29) is 0 Å². The Morgan fingerprint density at radius 1 is 0.720 bits per heavy atom. The Bertz CT molecular complexity index is 439. The van der Waals surface area contributed by atoms with Crippen LogP contribution in [0.15, 0.2) is 28.2 Å². The van der Waals surface area contributed by atoms with E-state index < -0.39 is 0 Å². The summed E-state index contributed by atoms with van der Waals surface area (Å²) in [6.45, 7) is 19.8. The summed E-state index contributed by atoms with van der Waals surface area (Å²) in [7, 11) is 0. The zero-order valence-corrected chi connectivity index (χ0v) is 17.8. The molecule has 0 aromatic carbocycles. The number of hydrogen-bond acceptors (Lipinski definition) is 4. The number of fused-ring (bicyclic) bond motifs is 2. The second-order valence-electron chi connectivity index (χ2n) is 4.80. The van der Waals surface area contributed by atoms with E-state index in [1.54, 1.807) is 0 Å². The second kappa shape index (κ2) is 18.8. The lowest BCUT2D eigenvalue weighted by atomic mass is 10.2. The fourth-order valence-electron chi connectivity index (χ4n) is 2.03. The topological polar surface area (TPSA) is 49.6 Å². The van der Waals surface area contributed by atoms with Gasteiger partial charge in [0, 0.05) is 13.1 Å². The van der Waals surface area contributed by atoms with Crippen molar-refractivity contribution in [1.29, 1.82) is 0 Å². The first-order chi connectivity index (χ1) is 12.3. The highest BCUT2D eigenvalue weighted by molar-refractivity contribution is 6.00. The first-order valence-corrected chi connectivity index (χ1v) is 9.98. The van der Waals surface area contributed by atoms with Crippen molar-refractivity contribution in [2.75, 3.05) is 26.2 Å². The molecule has 2 bridgehead atoms. The summed E-state index contributed by atoms with van der Waals surface area (Å²) in [4.78, 5) is 13.8. The molecule has 25 heavy (non-hydrogen) atoms. The van der Waals surface area contributed by atoms with Crippen molar-refractivity contribution in [3.8, 4) is 0 Å². The van der Waals surface area contributed by atoms with Crippen LogP contribution in [-0.2, 0) is 0 Å². The Morgan fingerprint density at radius 2 is 1.12 bits per heavy atom. The normalized spacial score (nSPS) is 14.6. The molecule has 0 unspecified atom stereocenters. The molecule has 0 radical (unpaired) electrons. The lowest BCUT2D eigenvalue weighted by Gasteiger charge is -2.07. The molecular weight excluding hydrogens is 308 g/mol. The van der Waals surface area contributed by atoms with Gasteiger partial charge in [0.05, 0.1) is 22.8 Å². The number of pyridine rings is 1. The maximum Gasteiger partial charge on any atom is 0.0845 e. The smallest absolute Gasteiger partial charge is 0.0845 e. The van der Waals surface area contributed by atoms with Gasteiger partial charge < -0.3 is 5.32 Å². The summed E-state index contributed by atoms with van der Waals surface area (Å²) < 4.78 is 0. The summed E-state index contributed by atoms with van der Waals surface area (Å²) in [5, 5.41) is 3.42. The van der Waals surface area contributed by atoms with Crippen LogP contribution in [0.5, 0.6) is 0 Å². The summed E-state index contributed by atoms with van der Waals surface area (Å²) >= 11 is 0. The van der Waals surface area contributed by atoms with Crippen LogP contribution in [-0.4, -0.2) is 42.6 Å². The third-order valence-electron chi connectivity index (χ3n) is 3.21. The maximum atomic E-state index is 4.65. The molecular formula is C21H40N4. The standard InChI is InChI=1S/C15H22N4.3C2H6/c1-12-14-6-3-7-15(19-14)13(2)18-11-5-9-16-8-4-10-17-12;3*1-2/h3,6-7,16H,4-5,8-11H2,1-2H3;3*1-2H3. The van der Waals surface area contributed by atoms with Gasteiger partial charge in [0.15, 0.2) is 0 Å². The van der Waals surface area contributed by atoms with Crippen LogP contribution in [0, 0.1) is 0 Å². The molecule has 0 saturated heterocycles. The Balaban J connectivity index is 0. The van der Waals surface area contributed by atoms with Crippen LogP contribution in [0.2, 0.25) is 0 Å². The van der Waals surface area contributed by atoms with Crippen molar-refractivity contribution in [2.24, 2.45) is 9.98 Å². The van der Waals surface area contributed by atoms with E-state index in [4.69, 9.17) is 0 Å². The highest BCUT2D eigenvalue weighted by atomic mass is 14.9. The van der Waals surface area contributed by atoms with Crippen molar-refractivity contribution >= 4 is 11.4 Å². The molecule has 4 heteroatoms. The first-order valence-electron chi connectivity index (χ1n) is 9.98. The highest BCUT2D eigenvalue weighted by Crippen LogP contribution is 2.04. The van der Waals surface area contributed by atoms with Crippen molar-refractivity contribution < 1.29 is 0 Å². The van der Waals surface area contributed by atoms with Gasteiger partial charge in [0.25, 0.3) is 0 Å². The summed E-state index contributed by atoms with van der Waals surface area (Å²) in [6, 6.07) is 6.06. The fourth-order valence-corrected chi connectivity index (χ4v) is 2.03. The number of rotatable bonds is 0. The molecule has 1 aliphatic rings. The van der Waals surface area contributed by atoms with Crippen molar-refractivity contribution in [1.82, 2.24) is 10.3 Å². The lowest BCUT2D eigenvalue weighted by molar-refractivity contribution is 0.632. The summed E-state index contributed by atoms with van der Waals surface area (Å²) in [5.74, 6) is 0. The van der Waals surface area contributed by atoms with E-state index in [1.807, 2.05) is 73.6 Å². The molecule has 1 aromatic rings. The molecule has 2 heterocycles. The van der Waals surface area contributed by atoms with Gasteiger partial charge in [0.2, 0.25) is 0 Å². The van der Waals surface area contributed by atoms with Crippen LogP contribution in [0.4, 0.5) is 0 Å². The molecule has 1 aliphatic heterocycles. The monoisotopic (exact) mass is 348 g/mol. The average molecular weight is 349 g/mol. The van der Waals surface area contributed by atoms with Gasteiger partial charge in [-0.2, -0.15) is 0 Å². The Morgan fingerprint density at radius 3 is 1.52 bits per heavy atom. The van der Waals surface area contributed by atoms with Gasteiger partial charge in [-0.25, -0.2) is 4.98 Å². The minimum absolute atomic E-state index is 0.859. The van der Waals surface area contributed by atoms with Gasteiger partial charge in [-0.3, -0.25) is 9.98 Å². The lowest BCUT2D eigenvalue weighted by Crippen LogP contribution is -2.18. The second-order valence-corrected chi connectivity index (χ2v) is 4.80. The predicted molar refractivity (Wildman–Crippen MR) is 115 cm³/mol. The SMILES string of the molecule is CC.CC.CC.CC1=NCCCNCCCN=C(C)c2cccc1n2. The van der Waals surface area contributed by atoms with E-state index in [1.165, 1.54) is 0 Å². The molecule has 0 fully saturated rings. The zero-order chi connectivity index (χ0) is 19.5. The van der Waals surface area contributed by atoms with E-state index in [9.17, 15) is 0 Å². The first kappa shape index (κ1) is 25.7. The Hall–Kier alpha value is -1.55. The van der Waals surface area contributed by atoms with Gasteiger partial charge in [-0.1, -0.05) is 47.6 Å². The van der Waals surface area contributed by atoms with Crippen LogP contribution < -0.4 is 5.32 Å². The fraction of sp³-hybridized carbons (Fsp3) is 0.667. The molecule has 1 aromatic heterocycles. The molecule has 0 saturated carbocycles. The number of aromatic nitrogens is 1. The van der Waals surface area contributed by atoms with E-state index in [2.05, 4.69) is 20.3 Å². The third kappa shape index (κ3) is 11.6. The molecule has 4 nitrogen and oxygen atoms in total. The van der Waals surface area contributed by atoms with Gasteiger partial charge >= 0.3 is 0 Å². The number of nitrogens with one attached hydrogen (secondary N) is 1. The zero-order valence-electron chi connectivity index (χ0n) is 17.8. The van der Waals surface area contributed by atoms with Crippen LogP contribution in [0.25, 0.3) is 0 Å². The molecule has 144 valence electrons. The van der Waals surface area contributed by atoms with Crippen molar-refractivity contribution in [3.63, 3.8) is 0 Å². The van der Waals surface area contributed by atoms with E-state index in [0.717, 1.165) is 61.8 Å². The van der Waals surface area contributed by atoms with E-state index in [0.29, 0.717) is 0 Å². The largest absolute Gasteiger partial charge is 0.317 e. The Kier molecular flexibility index (Phi) is 19.3. The predicted octanol–water partition coefficient (Wildman–Crippen LogP) is 5.16. The third-order valence-corrected chi connectivity index (χ3v) is 3.21. The molecule has 0 amide bonds. The van der Waals surface area contributed by atoms with Crippen LogP contribution in [0.1, 0.15) is 79.6 Å². The van der Waals surface area contributed by atoms with Crippen molar-refractivity contribution in [3.05, 3.63) is 29.6 Å². The molecule has 0 spiro atoms. The van der Waals surface area contributed by atoms with Gasteiger partial charge in [0.1, 0.15) is 0 Å². The molecule has 0 atom stereocenters. The number of hydrogen-bond donors (Lipinski definition) is 1. The minimum Gasteiger partial charge on any atom is -0.317 e. The summed E-state index contributed by atoms with van der Waals surface area (Å²) in [6.07, 6.45) is 2.14. The Labute approximate surface area is 156 Å². The molecule has 0 aliphatic carbocycles. The number of aliphatic imine (C=N–C) groups is 2. The molecule has 2 rings (SSSR count). The number of nitrogens with zero attached hydrogens (tertiary/aromatic N) is 3. The minimum atomic E-state index is 0.859. The quantitative estimate of drug-likeness (QED) is 0.704. The average Bonchev–Trinajstić information content (AvgIpc) is 2.70. The van der Waals surface area contributed by atoms with Gasteiger partial charge in [-0.15, -0.1) is 0 Å². The highest BCUT2D eigenvalue weighted by Gasteiger charge is 2.04. The maximum absolute atomic E-state index is 4.65. The van der Waals surface area contributed by atoms with Crippen LogP contribution in [0.3, 0.4) is 0 Å². The van der Waals surface area contributed by atoms with E-state index >= 15 is 0 Å². The van der Waals surface area contributed by atoms with Crippen molar-refractivity contribution in [2.45, 2.75) is 68.2 Å². The molecule has 1 N–H and O–H groups in total. The summed E-state index contributed by atoms with van der Waals surface area (Å²) in [5.41, 5.74) is 3.92.